The lowest BCUT2D eigenvalue weighted by Crippen LogP contribution is -1.93. The van der Waals surface area contributed by atoms with Gasteiger partial charge in [-0.05, 0) is 49.2 Å². The molecule has 3 nitrogen and oxygen atoms in total. The Morgan fingerprint density at radius 2 is 1.90 bits per heavy atom. The molecule has 0 saturated heterocycles. The van der Waals surface area contributed by atoms with Crippen molar-refractivity contribution in [2.45, 2.75) is 20.3 Å². The molecule has 0 spiro atoms. The molecule has 0 aliphatic rings. The van der Waals surface area contributed by atoms with Crippen LogP contribution in [0.5, 0.6) is 5.75 Å². The SMILES string of the molecule is CCOc1ccc(Cc2nc3ccc(C)cc3[nH]2)cc1. The van der Waals surface area contributed by atoms with Crippen molar-refractivity contribution in [2.24, 2.45) is 0 Å². The molecule has 102 valence electrons. The molecule has 20 heavy (non-hydrogen) atoms. The lowest BCUT2D eigenvalue weighted by Gasteiger charge is -2.03. The first-order valence-corrected chi connectivity index (χ1v) is 6.91. The molecule has 0 bridgehead atoms. The number of rotatable bonds is 4. The van der Waals surface area contributed by atoms with Gasteiger partial charge in [-0.25, -0.2) is 4.98 Å². The van der Waals surface area contributed by atoms with E-state index in [1.165, 1.54) is 11.1 Å². The molecular weight excluding hydrogens is 248 g/mol. The summed E-state index contributed by atoms with van der Waals surface area (Å²) in [5.74, 6) is 1.91. The van der Waals surface area contributed by atoms with Gasteiger partial charge in [0, 0.05) is 6.42 Å². The number of imidazole rings is 1. The molecular formula is C17H18N2O. The lowest BCUT2D eigenvalue weighted by atomic mass is 10.1. The van der Waals surface area contributed by atoms with Crippen molar-refractivity contribution in [1.82, 2.24) is 9.97 Å². The average molecular weight is 266 g/mol. The Kier molecular flexibility index (Phi) is 3.42. The van der Waals surface area contributed by atoms with E-state index < -0.39 is 0 Å². The van der Waals surface area contributed by atoms with E-state index in [4.69, 9.17) is 4.74 Å². The summed E-state index contributed by atoms with van der Waals surface area (Å²) >= 11 is 0. The second-order valence-corrected chi connectivity index (χ2v) is 4.96. The molecule has 3 aromatic rings. The Hall–Kier alpha value is -2.29. The van der Waals surface area contributed by atoms with Gasteiger partial charge in [0.05, 0.1) is 17.6 Å². The fraction of sp³-hybridized carbons (Fsp3) is 0.235. The monoisotopic (exact) mass is 266 g/mol. The standard InChI is InChI=1S/C17H18N2O/c1-3-20-14-7-5-13(6-8-14)11-17-18-15-9-4-12(2)10-16(15)19-17/h4-10H,3,11H2,1-2H3,(H,18,19). The Morgan fingerprint density at radius 1 is 1.10 bits per heavy atom. The second kappa shape index (κ2) is 5.37. The summed E-state index contributed by atoms with van der Waals surface area (Å²) < 4.78 is 5.45. The van der Waals surface area contributed by atoms with E-state index in [9.17, 15) is 0 Å². The van der Waals surface area contributed by atoms with Gasteiger partial charge in [-0.2, -0.15) is 0 Å². The molecule has 1 heterocycles. The summed E-state index contributed by atoms with van der Waals surface area (Å²) in [4.78, 5) is 8.00. The highest BCUT2D eigenvalue weighted by Gasteiger charge is 2.04. The van der Waals surface area contributed by atoms with E-state index in [0.29, 0.717) is 6.61 Å². The minimum atomic E-state index is 0.697. The zero-order chi connectivity index (χ0) is 13.9. The van der Waals surface area contributed by atoms with E-state index in [0.717, 1.165) is 29.0 Å². The van der Waals surface area contributed by atoms with E-state index in [1.807, 2.05) is 19.1 Å². The second-order valence-electron chi connectivity index (χ2n) is 4.96. The summed E-state index contributed by atoms with van der Waals surface area (Å²) in [6, 6.07) is 14.5. The first kappa shape index (κ1) is 12.7. The highest BCUT2D eigenvalue weighted by Crippen LogP contribution is 2.17. The van der Waals surface area contributed by atoms with Crippen molar-refractivity contribution in [3.63, 3.8) is 0 Å². The van der Waals surface area contributed by atoms with E-state index in [2.05, 4.69) is 47.2 Å². The van der Waals surface area contributed by atoms with E-state index >= 15 is 0 Å². The van der Waals surface area contributed by atoms with Crippen LogP contribution in [0.15, 0.2) is 42.5 Å². The number of nitrogens with zero attached hydrogens (tertiary/aromatic N) is 1. The fourth-order valence-corrected chi connectivity index (χ4v) is 2.32. The van der Waals surface area contributed by atoms with Gasteiger partial charge >= 0.3 is 0 Å². The molecule has 0 saturated carbocycles. The summed E-state index contributed by atoms with van der Waals surface area (Å²) in [6.07, 6.45) is 0.806. The van der Waals surface area contributed by atoms with E-state index in [1.54, 1.807) is 0 Å². The molecule has 0 aliphatic carbocycles. The summed E-state index contributed by atoms with van der Waals surface area (Å²) in [5, 5.41) is 0. The quantitative estimate of drug-likeness (QED) is 0.778. The number of nitrogens with one attached hydrogen (secondary N) is 1. The maximum atomic E-state index is 5.45. The molecule has 1 aromatic heterocycles. The largest absolute Gasteiger partial charge is 0.494 e. The Bertz CT molecular complexity index is 713. The third-order valence-electron chi connectivity index (χ3n) is 3.29. The third kappa shape index (κ3) is 2.67. The maximum Gasteiger partial charge on any atom is 0.119 e. The van der Waals surface area contributed by atoms with Crippen molar-refractivity contribution in [3.05, 3.63) is 59.4 Å². The van der Waals surface area contributed by atoms with Gasteiger partial charge in [-0.3, -0.25) is 0 Å². The van der Waals surface area contributed by atoms with Gasteiger partial charge in [0.2, 0.25) is 0 Å². The molecule has 0 radical (unpaired) electrons. The maximum absolute atomic E-state index is 5.45. The molecule has 0 atom stereocenters. The van der Waals surface area contributed by atoms with Gasteiger partial charge in [-0.1, -0.05) is 18.2 Å². The molecule has 0 fully saturated rings. The van der Waals surface area contributed by atoms with Crippen LogP contribution in [-0.2, 0) is 6.42 Å². The Morgan fingerprint density at radius 3 is 2.65 bits per heavy atom. The number of aryl methyl sites for hydroxylation is 1. The van der Waals surface area contributed by atoms with Crippen LogP contribution in [0.2, 0.25) is 0 Å². The minimum Gasteiger partial charge on any atom is -0.494 e. The van der Waals surface area contributed by atoms with Crippen LogP contribution in [0.4, 0.5) is 0 Å². The molecule has 3 rings (SSSR count). The molecule has 0 aliphatic heterocycles. The summed E-state index contributed by atoms with van der Waals surface area (Å²) in [7, 11) is 0. The van der Waals surface area contributed by atoms with Gasteiger partial charge in [0.15, 0.2) is 0 Å². The van der Waals surface area contributed by atoms with Crippen molar-refractivity contribution >= 4 is 11.0 Å². The highest BCUT2D eigenvalue weighted by molar-refractivity contribution is 5.75. The van der Waals surface area contributed by atoms with Crippen LogP contribution in [0.1, 0.15) is 23.9 Å². The minimum absolute atomic E-state index is 0.697. The van der Waals surface area contributed by atoms with Gasteiger partial charge < -0.3 is 9.72 Å². The van der Waals surface area contributed by atoms with Gasteiger partial charge in [-0.15, -0.1) is 0 Å². The van der Waals surface area contributed by atoms with Crippen LogP contribution in [0.3, 0.4) is 0 Å². The third-order valence-corrected chi connectivity index (χ3v) is 3.29. The van der Waals surface area contributed by atoms with Gasteiger partial charge in [0.25, 0.3) is 0 Å². The predicted molar refractivity (Wildman–Crippen MR) is 81.2 cm³/mol. The zero-order valence-corrected chi connectivity index (χ0v) is 11.8. The van der Waals surface area contributed by atoms with Crippen molar-refractivity contribution in [1.29, 1.82) is 0 Å². The first-order chi connectivity index (χ1) is 9.74. The summed E-state index contributed by atoms with van der Waals surface area (Å²) in [6.45, 7) is 4.78. The molecule has 2 aromatic carbocycles. The van der Waals surface area contributed by atoms with Crippen LogP contribution in [-0.4, -0.2) is 16.6 Å². The number of fused-ring (bicyclic) bond motifs is 1. The number of aromatic nitrogens is 2. The normalized spacial score (nSPS) is 10.9. The fourth-order valence-electron chi connectivity index (χ4n) is 2.32. The first-order valence-electron chi connectivity index (χ1n) is 6.91. The summed E-state index contributed by atoms with van der Waals surface area (Å²) in [5.41, 5.74) is 4.60. The van der Waals surface area contributed by atoms with Crippen molar-refractivity contribution < 1.29 is 4.74 Å². The van der Waals surface area contributed by atoms with Crippen molar-refractivity contribution in [3.8, 4) is 5.75 Å². The van der Waals surface area contributed by atoms with E-state index in [-0.39, 0.29) is 0 Å². The number of benzene rings is 2. The molecule has 3 heteroatoms. The Balaban J connectivity index is 1.81. The molecule has 1 N–H and O–H groups in total. The zero-order valence-electron chi connectivity index (χ0n) is 11.8. The number of H-pyrrole nitrogens is 1. The van der Waals surface area contributed by atoms with Crippen molar-refractivity contribution in [2.75, 3.05) is 6.61 Å². The molecule has 0 unspecified atom stereocenters. The van der Waals surface area contributed by atoms with Gasteiger partial charge in [0.1, 0.15) is 11.6 Å². The number of hydrogen-bond donors (Lipinski definition) is 1. The predicted octanol–water partition coefficient (Wildman–Crippen LogP) is 3.86. The topological polar surface area (TPSA) is 37.9 Å². The molecule has 0 amide bonds. The Labute approximate surface area is 118 Å². The highest BCUT2D eigenvalue weighted by atomic mass is 16.5. The van der Waals surface area contributed by atoms with Crippen LogP contribution < -0.4 is 4.74 Å². The smallest absolute Gasteiger partial charge is 0.119 e. The number of aromatic amines is 1. The lowest BCUT2D eigenvalue weighted by molar-refractivity contribution is 0.340. The van der Waals surface area contributed by atoms with Crippen LogP contribution >= 0.6 is 0 Å². The number of hydrogen-bond acceptors (Lipinski definition) is 2. The van der Waals surface area contributed by atoms with Crippen LogP contribution in [0, 0.1) is 6.92 Å². The number of ether oxygens (including phenoxy) is 1. The average Bonchev–Trinajstić information content (AvgIpc) is 2.82. The van der Waals surface area contributed by atoms with Crippen LogP contribution in [0.25, 0.3) is 11.0 Å².